The van der Waals surface area contributed by atoms with Gasteiger partial charge >= 0.3 is 5.97 Å². The van der Waals surface area contributed by atoms with Crippen molar-refractivity contribution in [2.45, 2.75) is 19.1 Å². The zero-order valence-corrected chi connectivity index (χ0v) is 12.0. The molecule has 0 radical (unpaired) electrons. The first-order valence-electron chi connectivity index (χ1n) is 5.63. The van der Waals surface area contributed by atoms with Crippen molar-refractivity contribution in [1.29, 1.82) is 0 Å². The quantitative estimate of drug-likeness (QED) is 0.779. The summed E-state index contributed by atoms with van der Waals surface area (Å²) in [5.41, 5.74) is 0. The third-order valence-corrected chi connectivity index (χ3v) is 5.21. The van der Waals surface area contributed by atoms with Crippen LogP contribution in [0.25, 0.3) is 0 Å². The van der Waals surface area contributed by atoms with Gasteiger partial charge in [-0.1, -0.05) is 6.92 Å². The molecule has 0 aromatic carbocycles. The Bertz CT molecular complexity index is 561. The van der Waals surface area contributed by atoms with Crippen LogP contribution in [0.2, 0.25) is 0 Å². The summed E-state index contributed by atoms with van der Waals surface area (Å²) < 4.78 is 22.9. The van der Waals surface area contributed by atoms with E-state index in [0.717, 1.165) is 11.3 Å². The number of carbonyl (C=O) groups is 2. The van der Waals surface area contributed by atoms with Crippen molar-refractivity contribution >= 4 is 33.1 Å². The highest BCUT2D eigenvalue weighted by Crippen LogP contribution is 2.19. The van der Waals surface area contributed by atoms with Gasteiger partial charge in [-0.25, -0.2) is 8.42 Å². The van der Waals surface area contributed by atoms with Gasteiger partial charge in [0.25, 0.3) is 5.91 Å². The van der Waals surface area contributed by atoms with Crippen LogP contribution in [0.5, 0.6) is 0 Å². The van der Waals surface area contributed by atoms with E-state index in [1.54, 1.807) is 19.1 Å². The molecule has 1 heterocycles. The lowest BCUT2D eigenvalue weighted by molar-refractivity contribution is -0.136. The lowest BCUT2D eigenvalue weighted by atomic mass is 10.4. The summed E-state index contributed by atoms with van der Waals surface area (Å²) in [4.78, 5) is 22.9. The molecule has 0 saturated heterocycles. The fourth-order valence-electron chi connectivity index (χ4n) is 1.27. The zero-order valence-electron chi connectivity index (χ0n) is 10.4. The molecule has 8 heteroatoms. The highest BCUT2D eigenvalue weighted by molar-refractivity contribution is 7.90. The Morgan fingerprint density at radius 2 is 2.05 bits per heavy atom. The second kappa shape index (κ2) is 6.67. The Hall–Kier alpha value is -1.41. The lowest BCUT2D eigenvalue weighted by Crippen LogP contribution is -2.25. The Balaban J connectivity index is 2.59. The van der Waals surface area contributed by atoms with E-state index < -0.39 is 15.8 Å². The molecule has 1 aromatic rings. The number of hydrogen-bond donors (Lipinski definition) is 2. The number of sulfone groups is 1. The van der Waals surface area contributed by atoms with Crippen LogP contribution in [-0.4, -0.2) is 37.7 Å². The molecule has 0 aliphatic heterocycles. The number of rotatable bonds is 7. The summed E-state index contributed by atoms with van der Waals surface area (Å²) in [6, 6.07) is 3.14. The van der Waals surface area contributed by atoms with Gasteiger partial charge in [-0.05, 0) is 12.1 Å². The number of amides is 1. The lowest BCUT2D eigenvalue weighted by Gasteiger charge is -2.00. The number of hydrogen-bond acceptors (Lipinski definition) is 5. The number of thiophene rings is 1. The van der Waals surface area contributed by atoms with E-state index in [4.69, 9.17) is 5.11 Å². The van der Waals surface area contributed by atoms with Crippen molar-refractivity contribution in [2.24, 2.45) is 0 Å². The Morgan fingerprint density at radius 3 is 2.63 bits per heavy atom. The maximum absolute atomic E-state index is 11.6. The molecule has 1 aromatic heterocycles. The van der Waals surface area contributed by atoms with Crippen molar-refractivity contribution in [1.82, 2.24) is 5.32 Å². The minimum Gasteiger partial charge on any atom is -0.481 e. The van der Waals surface area contributed by atoms with E-state index >= 15 is 0 Å². The van der Waals surface area contributed by atoms with E-state index in [-0.39, 0.29) is 30.4 Å². The van der Waals surface area contributed by atoms with Crippen LogP contribution >= 0.6 is 11.3 Å². The third-order valence-electron chi connectivity index (χ3n) is 2.31. The van der Waals surface area contributed by atoms with Gasteiger partial charge in [0, 0.05) is 17.2 Å². The summed E-state index contributed by atoms with van der Waals surface area (Å²) in [6.07, 6.45) is -0.145. The van der Waals surface area contributed by atoms with Crippen LogP contribution in [-0.2, 0) is 20.4 Å². The number of carbonyl (C=O) groups excluding carboxylic acids is 1. The van der Waals surface area contributed by atoms with E-state index in [0.29, 0.717) is 9.75 Å². The van der Waals surface area contributed by atoms with Gasteiger partial charge in [-0.3, -0.25) is 9.59 Å². The van der Waals surface area contributed by atoms with Gasteiger partial charge in [0.1, 0.15) is 0 Å². The number of nitrogens with one attached hydrogen (secondary N) is 1. The fraction of sp³-hybridized carbons (Fsp3) is 0.455. The minimum absolute atomic E-state index is 0.0503. The molecule has 1 rings (SSSR count). The Morgan fingerprint density at radius 1 is 1.37 bits per heavy atom. The van der Waals surface area contributed by atoms with Gasteiger partial charge in [-0.2, -0.15) is 0 Å². The summed E-state index contributed by atoms with van der Waals surface area (Å²) in [5.74, 6) is -1.38. The van der Waals surface area contributed by atoms with Crippen molar-refractivity contribution in [3.8, 4) is 0 Å². The van der Waals surface area contributed by atoms with Crippen LogP contribution in [0.3, 0.4) is 0 Å². The summed E-state index contributed by atoms with van der Waals surface area (Å²) in [6.45, 7) is 1.62. The number of carboxylic acids is 1. The van der Waals surface area contributed by atoms with Crippen LogP contribution in [0.4, 0.5) is 0 Å². The number of carboxylic acid groups (broad SMARTS) is 1. The van der Waals surface area contributed by atoms with Crippen molar-refractivity contribution in [3.63, 3.8) is 0 Å². The van der Waals surface area contributed by atoms with Crippen LogP contribution in [0, 0.1) is 0 Å². The SMILES string of the molecule is CCS(=O)(=O)Cc1ccc(C(=O)NCCC(=O)O)s1. The monoisotopic (exact) mass is 305 g/mol. The zero-order chi connectivity index (χ0) is 14.5. The molecule has 6 nitrogen and oxygen atoms in total. The first kappa shape index (κ1) is 15.6. The third kappa shape index (κ3) is 5.39. The summed E-state index contributed by atoms with van der Waals surface area (Å²) in [7, 11) is -3.11. The molecule has 0 saturated carbocycles. The molecule has 0 atom stereocenters. The molecule has 2 N–H and O–H groups in total. The second-order valence-corrected chi connectivity index (χ2v) is 7.36. The van der Waals surface area contributed by atoms with Gasteiger partial charge in [-0.15, -0.1) is 11.3 Å². The summed E-state index contributed by atoms with van der Waals surface area (Å²) in [5, 5.41) is 10.9. The minimum atomic E-state index is -3.11. The van der Waals surface area contributed by atoms with E-state index in [2.05, 4.69) is 5.32 Å². The van der Waals surface area contributed by atoms with E-state index in [9.17, 15) is 18.0 Å². The van der Waals surface area contributed by atoms with Gasteiger partial charge in [0.2, 0.25) is 0 Å². The van der Waals surface area contributed by atoms with Gasteiger partial charge in [0.15, 0.2) is 9.84 Å². The molecule has 0 unspecified atom stereocenters. The Labute approximate surface area is 115 Å². The second-order valence-electron chi connectivity index (χ2n) is 3.84. The molecule has 0 bridgehead atoms. The number of aliphatic carboxylic acids is 1. The smallest absolute Gasteiger partial charge is 0.305 e. The van der Waals surface area contributed by atoms with Crippen molar-refractivity contribution in [3.05, 3.63) is 21.9 Å². The Kier molecular flexibility index (Phi) is 5.49. The first-order valence-corrected chi connectivity index (χ1v) is 8.27. The average Bonchev–Trinajstić information content (AvgIpc) is 2.76. The molecule has 0 aliphatic rings. The van der Waals surface area contributed by atoms with E-state index in [1.165, 1.54) is 0 Å². The normalized spacial score (nSPS) is 11.2. The standard InChI is InChI=1S/C11H15NO5S2/c1-2-19(16,17)7-8-3-4-9(18-8)11(15)12-6-5-10(13)14/h3-4H,2,5-7H2,1H3,(H,12,15)(H,13,14). The van der Waals surface area contributed by atoms with E-state index in [1.807, 2.05) is 0 Å². The van der Waals surface area contributed by atoms with Crippen molar-refractivity contribution < 1.29 is 23.1 Å². The fourth-order valence-corrected chi connectivity index (χ4v) is 3.49. The topological polar surface area (TPSA) is 101 Å². The molecule has 19 heavy (non-hydrogen) atoms. The first-order chi connectivity index (χ1) is 8.84. The predicted molar refractivity (Wildman–Crippen MR) is 72.1 cm³/mol. The largest absolute Gasteiger partial charge is 0.481 e. The summed E-state index contributed by atoms with van der Waals surface area (Å²) >= 11 is 1.10. The van der Waals surface area contributed by atoms with Crippen molar-refractivity contribution in [2.75, 3.05) is 12.3 Å². The van der Waals surface area contributed by atoms with Gasteiger partial charge < -0.3 is 10.4 Å². The highest BCUT2D eigenvalue weighted by atomic mass is 32.2. The maximum atomic E-state index is 11.6. The van der Waals surface area contributed by atoms with Crippen LogP contribution < -0.4 is 5.32 Å². The highest BCUT2D eigenvalue weighted by Gasteiger charge is 2.14. The average molecular weight is 305 g/mol. The van der Waals surface area contributed by atoms with Crippen LogP contribution in [0.15, 0.2) is 12.1 Å². The molecule has 1 amide bonds. The molecule has 0 spiro atoms. The predicted octanol–water partition coefficient (Wildman–Crippen LogP) is 0.887. The molecule has 0 aliphatic carbocycles. The maximum Gasteiger partial charge on any atom is 0.305 e. The van der Waals surface area contributed by atoms with Gasteiger partial charge in [0.05, 0.1) is 17.1 Å². The molecule has 106 valence electrons. The molecular weight excluding hydrogens is 290 g/mol. The molecular formula is C11H15NO5S2. The van der Waals surface area contributed by atoms with Crippen LogP contribution in [0.1, 0.15) is 27.9 Å². The molecule has 0 fully saturated rings.